The number of phenols is 1. The first-order valence-corrected chi connectivity index (χ1v) is 23.4. The number of aliphatic hydroxyl groups excluding tert-OH is 3. The van der Waals surface area contributed by atoms with Crippen LogP contribution in [0.4, 0.5) is 0 Å². The number of ketones is 2. The van der Waals surface area contributed by atoms with Crippen molar-refractivity contribution in [3.8, 4) is 11.5 Å². The summed E-state index contributed by atoms with van der Waals surface area (Å²) in [5.74, 6) is -7.48. The molecule has 5 N–H and O–H groups in total. The van der Waals surface area contributed by atoms with Crippen LogP contribution in [0.5, 0.6) is 11.5 Å². The minimum Gasteiger partial charge on any atom is -0.507 e. The topological polar surface area (TPSA) is 226 Å². The minimum atomic E-state index is -2.07. The quantitative estimate of drug-likeness (QED) is 0.257. The second-order valence-electron chi connectivity index (χ2n) is 19.5. The Hall–Kier alpha value is -5.59. The minimum absolute atomic E-state index is 0.0482. The van der Waals surface area contributed by atoms with E-state index >= 15 is 0 Å². The van der Waals surface area contributed by atoms with Crippen LogP contribution in [0.15, 0.2) is 70.5 Å². The number of amides is 1. The van der Waals surface area contributed by atoms with Crippen molar-refractivity contribution >= 4 is 34.9 Å². The molecule has 2 aliphatic carbocycles. The molecule has 0 radical (unpaired) electrons. The van der Waals surface area contributed by atoms with Crippen LogP contribution in [-0.2, 0) is 28.5 Å². The Bertz CT molecular complexity index is 2440. The number of benzene rings is 1. The lowest BCUT2D eigenvalue weighted by molar-refractivity contribution is -0.160. The fourth-order valence-corrected chi connectivity index (χ4v) is 10.0. The van der Waals surface area contributed by atoms with Gasteiger partial charge in [0.1, 0.15) is 35.1 Å². The van der Waals surface area contributed by atoms with Gasteiger partial charge < -0.3 is 54.3 Å². The van der Waals surface area contributed by atoms with Crippen molar-refractivity contribution in [2.45, 2.75) is 112 Å². The monoisotopic (exact) mass is 942 g/mol. The predicted octanol–water partition coefficient (Wildman–Crippen LogP) is 4.49. The molecule has 6 aliphatic rings. The van der Waals surface area contributed by atoms with Crippen molar-refractivity contribution < 1.29 is 63.3 Å². The molecule has 7 rings (SSSR count). The van der Waals surface area contributed by atoms with Crippen molar-refractivity contribution in [1.29, 1.82) is 0 Å². The van der Waals surface area contributed by atoms with E-state index in [4.69, 9.17) is 28.7 Å². The Labute approximate surface area is 397 Å². The summed E-state index contributed by atoms with van der Waals surface area (Å²) >= 11 is 0. The Morgan fingerprint density at radius 1 is 0.971 bits per heavy atom. The third kappa shape index (κ3) is 9.42. The summed E-state index contributed by atoms with van der Waals surface area (Å²) in [6.07, 6.45) is 5.69. The van der Waals surface area contributed by atoms with E-state index in [0.29, 0.717) is 24.7 Å². The average Bonchev–Trinajstić information content (AvgIpc) is 3.56. The van der Waals surface area contributed by atoms with Gasteiger partial charge in [0.2, 0.25) is 5.91 Å². The predicted molar refractivity (Wildman–Crippen MR) is 251 cm³/mol. The van der Waals surface area contributed by atoms with E-state index in [0.717, 1.165) is 19.6 Å². The van der Waals surface area contributed by atoms with Gasteiger partial charge in [-0.1, -0.05) is 59.8 Å². The van der Waals surface area contributed by atoms with Crippen LogP contribution in [-0.4, -0.2) is 142 Å². The second-order valence-corrected chi connectivity index (χ2v) is 19.5. The molecule has 368 valence electrons. The number of nitrogens with one attached hydrogen (secondary N) is 1. The molecule has 1 aromatic carbocycles. The summed E-state index contributed by atoms with van der Waals surface area (Å²) in [5, 5.41) is 49.4. The number of hydrogen-bond acceptors (Lipinski definition) is 16. The standard InChI is InChI=1S/C51H66N4O13/c1-24(2)23-54-16-18-55(19-17-54)32-21-33(57)39-35(22-32)67-48-40(52-39)36-37-44(60)30(8)47-38(36)49(62)51(10,68-47)65-20-15-34(64-11)27(5)46(66-31(9)56)29(7)43(59)28(6)42(58)25(3)13-12-14-26(4)50(63)53-41(48)45(37)61/h12-15,20-22,24-25,27-29,33-34,41-43,46,57-60H,16-19,23H2,1-11H3,(H,53,63)/b13-12-,20-15-,26-14-/t25-,27+,28+,29+,33?,34-,41?,42-,43+,46+,51-/m0/s1. The number of carbonyl (C=O) groups excluding carboxylic acids is 4. The number of aliphatic hydroxyl groups is 3. The highest BCUT2D eigenvalue weighted by molar-refractivity contribution is 6.21. The summed E-state index contributed by atoms with van der Waals surface area (Å²) in [6, 6.07) is -1.56. The number of aromatic hydroxyl groups is 1. The molecule has 4 heterocycles. The number of allylic oxidation sites excluding steroid dienone is 3. The van der Waals surface area contributed by atoms with Crippen molar-refractivity contribution in [3.63, 3.8) is 0 Å². The number of hydrogen-bond donors (Lipinski definition) is 5. The Balaban J connectivity index is 1.34. The van der Waals surface area contributed by atoms with Crippen LogP contribution < -0.4 is 10.1 Å². The molecule has 5 bridgehead atoms. The zero-order valence-corrected chi connectivity index (χ0v) is 40.7. The highest BCUT2D eigenvalue weighted by atomic mass is 16.7. The molecule has 1 fully saturated rings. The number of Topliss-reactive ketones (excluding diaryl/α,β-unsaturated/α-hetero) is 2. The van der Waals surface area contributed by atoms with Gasteiger partial charge in [-0.05, 0) is 31.9 Å². The number of esters is 1. The van der Waals surface area contributed by atoms with Crippen LogP contribution >= 0.6 is 0 Å². The fraction of sp³-hybridized carbons (Fsp3) is 0.549. The first-order chi connectivity index (χ1) is 32.1. The summed E-state index contributed by atoms with van der Waals surface area (Å²) in [5.41, 5.74) is 0.371. The summed E-state index contributed by atoms with van der Waals surface area (Å²) < 4.78 is 30.5. The maximum Gasteiger partial charge on any atom is 0.312 e. The Morgan fingerprint density at radius 2 is 1.66 bits per heavy atom. The van der Waals surface area contributed by atoms with Gasteiger partial charge in [-0.2, -0.15) is 0 Å². The number of methoxy groups -OCH3 is 1. The van der Waals surface area contributed by atoms with Gasteiger partial charge in [0.25, 0.3) is 5.78 Å². The van der Waals surface area contributed by atoms with Gasteiger partial charge >= 0.3 is 11.8 Å². The van der Waals surface area contributed by atoms with E-state index in [1.807, 2.05) is 0 Å². The summed E-state index contributed by atoms with van der Waals surface area (Å²) in [6.45, 7) is 20.9. The normalized spacial score (nSPS) is 34.2. The van der Waals surface area contributed by atoms with Crippen LogP contribution in [0.2, 0.25) is 0 Å². The van der Waals surface area contributed by atoms with Crippen LogP contribution in [0.25, 0.3) is 5.70 Å². The third-order valence-electron chi connectivity index (χ3n) is 14.0. The maximum atomic E-state index is 14.9. The molecule has 17 heteroatoms. The van der Waals surface area contributed by atoms with Gasteiger partial charge in [0, 0.05) is 106 Å². The number of piperazine rings is 1. The van der Waals surface area contributed by atoms with Crippen molar-refractivity contribution in [1.82, 2.24) is 15.1 Å². The van der Waals surface area contributed by atoms with Gasteiger partial charge in [0.05, 0.1) is 35.7 Å². The molecular formula is C51H66N4O13. The largest absolute Gasteiger partial charge is 0.507 e. The lowest BCUT2D eigenvalue weighted by Crippen LogP contribution is -2.48. The Morgan fingerprint density at radius 3 is 2.31 bits per heavy atom. The van der Waals surface area contributed by atoms with Crippen LogP contribution in [0.3, 0.4) is 0 Å². The molecule has 1 amide bonds. The lowest BCUT2D eigenvalue weighted by atomic mass is 9.78. The molecule has 1 saturated heterocycles. The van der Waals surface area contributed by atoms with Crippen LogP contribution in [0, 0.1) is 36.5 Å². The number of rotatable bonds is 5. The van der Waals surface area contributed by atoms with Crippen molar-refractivity contribution in [3.05, 3.63) is 87.8 Å². The lowest BCUT2D eigenvalue weighted by Gasteiger charge is -2.39. The molecule has 68 heavy (non-hydrogen) atoms. The van der Waals surface area contributed by atoms with E-state index in [1.54, 1.807) is 52.0 Å². The first-order valence-electron chi connectivity index (χ1n) is 23.4. The number of phenolic OH excluding ortho intramolecular Hbond substituents is 1. The van der Waals surface area contributed by atoms with Gasteiger partial charge in [-0.25, -0.2) is 4.99 Å². The van der Waals surface area contributed by atoms with E-state index < -0.39 is 95.2 Å². The van der Waals surface area contributed by atoms with Gasteiger partial charge in [-0.15, -0.1) is 0 Å². The van der Waals surface area contributed by atoms with Gasteiger partial charge in [0.15, 0.2) is 23.3 Å². The molecule has 2 unspecified atom stereocenters. The van der Waals surface area contributed by atoms with E-state index in [-0.39, 0.29) is 56.5 Å². The number of ether oxygens (including phenoxy) is 5. The summed E-state index contributed by atoms with van der Waals surface area (Å²) in [7, 11) is 1.44. The zero-order valence-electron chi connectivity index (χ0n) is 40.7. The third-order valence-corrected chi connectivity index (χ3v) is 14.0. The van der Waals surface area contributed by atoms with E-state index in [1.165, 1.54) is 53.2 Å². The molecule has 17 nitrogen and oxygen atoms in total. The number of carbonyl (C=O) groups is 4. The van der Waals surface area contributed by atoms with Crippen molar-refractivity contribution in [2.75, 3.05) is 39.8 Å². The summed E-state index contributed by atoms with van der Waals surface area (Å²) in [4.78, 5) is 65.7. The van der Waals surface area contributed by atoms with Crippen LogP contribution in [0.1, 0.15) is 94.2 Å². The molecule has 4 aliphatic heterocycles. The molecule has 0 aromatic heterocycles. The molecular weight excluding hydrogens is 877 g/mol. The highest BCUT2D eigenvalue weighted by Crippen LogP contribution is 2.52. The zero-order chi connectivity index (χ0) is 49.7. The smallest absolute Gasteiger partial charge is 0.312 e. The fourth-order valence-electron chi connectivity index (χ4n) is 10.0. The SMILES string of the molecule is CO[C@H]1/C=C\O[C@@]2(C)Oc3c(C)c(O)c4c(c3C2=O)C2=C(OC3=CC(N5CCN(CC(C)C)CC5)=CC(O)C3=N2)C(NC(=O)/C(C)=C\C=C/[C@H](C)[C@H](O)[C@@H](C)[C@@H](O)[C@@H](C)[C@H](OC(C)=O)[C@@H]1C)C4=O. The van der Waals surface area contributed by atoms with Gasteiger partial charge in [-0.3, -0.25) is 24.1 Å². The first kappa shape index (κ1) is 50.3. The Kier molecular flexibility index (Phi) is 14.6. The number of fused-ring (bicyclic) bond motifs is 4. The van der Waals surface area contributed by atoms with E-state index in [9.17, 15) is 39.6 Å². The molecule has 1 aromatic rings. The molecule has 0 spiro atoms. The molecule has 0 saturated carbocycles. The highest BCUT2D eigenvalue weighted by Gasteiger charge is 2.54. The molecule has 11 atom stereocenters. The van der Waals surface area contributed by atoms with E-state index in [2.05, 4.69) is 29.0 Å². The number of nitrogens with zero attached hydrogens (tertiary/aromatic N) is 3. The second kappa shape index (κ2) is 19.8. The number of aliphatic imine (C=N–C) groups is 1. The van der Waals surface area contributed by atoms with Crippen molar-refractivity contribution in [2.24, 2.45) is 34.6 Å². The maximum absolute atomic E-state index is 14.9. The average molecular weight is 943 g/mol.